The van der Waals surface area contributed by atoms with Crippen molar-refractivity contribution >= 4 is 34.5 Å². The van der Waals surface area contributed by atoms with Crippen molar-refractivity contribution in [2.24, 2.45) is 5.41 Å². The highest BCUT2D eigenvalue weighted by molar-refractivity contribution is 6.30. The van der Waals surface area contributed by atoms with Gasteiger partial charge in [0.15, 0.2) is 0 Å². The van der Waals surface area contributed by atoms with Gasteiger partial charge in [-0.1, -0.05) is 11.6 Å². The molecule has 0 saturated heterocycles. The Kier molecular flexibility index (Phi) is 6.43. The lowest BCUT2D eigenvalue weighted by Gasteiger charge is -2.29. The molecule has 8 heteroatoms. The van der Waals surface area contributed by atoms with E-state index in [0.717, 1.165) is 22.3 Å². The molecule has 3 heterocycles. The van der Waals surface area contributed by atoms with E-state index in [4.69, 9.17) is 11.6 Å². The van der Waals surface area contributed by atoms with E-state index in [2.05, 4.69) is 4.98 Å². The third kappa shape index (κ3) is 4.74. The van der Waals surface area contributed by atoms with Crippen molar-refractivity contribution in [3.05, 3.63) is 64.2 Å². The highest BCUT2D eigenvalue weighted by atomic mass is 35.5. The lowest BCUT2D eigenvalue weighted by molar-refractivity contribution is -0.147. The standard InChI is InChI=1S/C25H27ClFN3O3/c1-25(2,24(32)33)10-3-6-22(31)29-12-9-18-19-5-4-11-28-23(19)30(21(18)15-29)14-16-13-17(26)7-8-20(16)27/h4-5,7-8,11,13H,3,6,9-10,12,14-15H2,1-2H3,(H,32,33). The number of rotatable bonds is 7. The summed E-state index contributed by atoms with van der Waals surface area (Å²) < 4.78 is 16.5. The first-order valence-electron chi connectivity index (χ1n) is 11.1. The van der Waals surface area contributed by atoms with Gasteiger partial charge in [-0.05, 0) is 69.0 Å². The van der Waals surface area contributed by atoms with Gasteiger partial charge in [-0.3, -0.25) is 9.59 Å². The van der Waals surface area contributed by atoms with Gasteiger partial charge in [0.05, 0.1) is 18.5 Å². The van der Waals surface area contributed by atoms with Gasteiger partial charge in [0.2, 0.25) is 5.91 Å². The Labute approximate surface area is 197 Å². The van der Waals surface area contributed by atoms with Gasteiger partial charge in [-0.2, -0.15) is 0 Å². The molecule has 6 nitrogen and oxygen atoms in total. The van der Waals surface area contributed by atoms with Crippen LogP contribution in [0.4, 0.5) is 4.39 Å². The minimum atomic E-state index is -0.858. The molecule has 174 valence electrons. The van der Waals surface area contributed by atoms with Crippen LogP contribution in [0.3, 0.4) is 0 Å². The molecular formula is C25H27ClFN3O3. The van der Waals surface area contributed by atoms with Crippen molar-refractivity contribution in [1.29, 1.82) is 0 Å². The topological polar surface area (TPSA) is 75.4 Å². The minimum absolute atomic E-state index is 0.000500. The molecule has 2 aromatic heterocycles. The molecule has 1 aliphatic heterocycles. The van der Waals surface area contributed by atoms with Crippen molar-refractivity contribution in [2.45, 2.75) is 52.6 Å². The molecule has 1 N–H and O–H groups in total. The fourth-order valence-corrected chi connectivity index (χ4v) is 4.62. The number of hydrogen-bond donors (Lipinski definition) is 1. The van der Waals surface area contributed by atoms with Gasteiger partial charge in [0, 0.05) is 40.8 Å². The number of aliphatic carboxylic acids is 1. The summed E-state index contributed by atoms with van der Waals surface area (Å²) in [6.45, 7) is 4.62. The van der Waals surface area contributed by atoms with Crippen LogP contribution in [-0.4, -0.2) is 38.0 Å². The molecule has 0 bridgehead atoms. The number of benzene rings is 1. The molecule has 0 aliphatic carbocycles. The molecule has 4 rings (SSSR count). The van der Waals surface area contributed by atoms with E-state index < -0.39 is 11.4 Å². The van der Waals surface area contributed by atoms with Crippen LogP contribution >= 0.6 is 11.6 Å². The van der Waals surface area contributed by atoms with E-state index in [1.807, 2.05) is 16.7 Å². The first-order chi connectivity index (χ1) is 15.7. The maximum absolute atomic E-state index is 14.5. The van der Waals surface area contributed by atoms with Crippen LogP contribution in [0.15, 0.2) is 36.5 Å². The largest absolute Gasteiger partial charge is 0.481 e. The third-order valence-corrected chi connectivity index (χ3v) is 6.71. The molecule has 1 amide bonds. The van der Waals surface area contributed by atoms with Crippen LogP contribution in [0.25, 0.3) is 11.0 Å². The Hall–Kier alpha value is -2.93. The maximum Gasteiger partial charge on any atom is 0.309 e. The molecule has 3 aromatic rings. The van der Waals surface area contributed by atoms with E-state index in [1.54, 1.807) is 31.0 Å². The SMILES string of the molecule is CC(C)(CCCC(=O)N1CCc2c(n(Cc3cc(Cl)ccc3F)c3ncccc23)C1)C(=O)O. The second-order valence-electron chi connectivity index (χ2n) is 9.23. The Morgan fingerprint density at radius 2 is 2.06 bits per heavy atom. The number of carboxylic acids is 1. The predicted octanol–water partition coefficient (Wildman–Crippen LogP) is 5.04. The number of hydrogen-bond acceptors (Lipinski definition) is 3. The number of nitrogens with zero attached hydrogens (tertiary/aromatic N) is 3. The third-order valence-electron chi connectivity index (χ3n) is 6.47. The van der Waals surface area contributed by atoms with Gasteiger partial charge in [-0.15, -0.1) is 0 Å². The van der Waals surface area contributed by atoms with Crippen molar-refractivity contribution in [1.82, 2.24) is 14.5 Å². The van der Waals surface area contributed by atoms with Crippen LogP contribution < -0.4 is 0 Å². The molecule has 0 saturated carbocycles. The Balaban J connectivity index is 1.58. The van der Waals surface area contributed by atoms with Crippen LogP contribution in [-0.2, 0) is 29.1 Å². The molecule has 0 atom stereocenters. The Morgan fingerprint density at radius 3 is 2.82 bits per heavy atom. The zero-order chi connectivity index (χ0) is 23.8. The van der Waals surface area contributed by atoms with Crippen molar-refractivity contribution < 1.29 is 19.1 Å². The summed E-state index contributed by atoms with van der Waals surface area (Å²) in [6.07, 6.45) is 3.65. The normalized spacial score (nSPS) is 13.9. The van der Waals surface area contributed by atoms with E-state index >= 15 is 0 Å². The fraction of sp³-hybridized carbons (Fsp3) is 0.400. The van der Waals surface area contributed by atoms with Crippen molar-refractivity contribution in [3.63, 3.8) is 0 Å². The summed E-state index contributed by atoms with van der Waals surface area (Å²) in [5.41, 5.74) is 2.46. The average Bonchev–Trinajstić information content (AvgIpc) is 3.09. The first kappa shape index (κ1) is 23.2. The summed E-state index contributed by atoms with van der Waals surface area (Å²) in [5.74, 6) is -1.20. The van der Waals surface area contributed by atoms with E-state index in [-0.39, 0.29) is 18.3 Å². The number of amides is 1. The van der Waals surface area contributed by atoms with Crippen LogP contribution in [0.1, 0.15) is 49.9 Å². The highest BCUT2D eigenvalue weighted by Gasteiger charge is 2.29. The summed E-state index contributed by atoms with van der Waals surface area (Å²) in [6, 6.07) is 8.39. The molecule has 0 unspecified atom stereocenters. The average molecular weight is 472 g/mol. The van der Waals surface area contributed by atoms with E-state index in [1.165, 1.54) is 12.1 Å². The second-order valence-corrected chi connectivity index (χ2v) is 9.67. The molecule has 0 radical (unpaired) electrons. The molecule has 33 heavy (non-hydrogen) atoms. The summed E-state index contributed by atoms with van der Waals surface area (Å²) in [5, 5.41) is 10.8. The summed E-state index contributed by atoms with van der Waals surface area (Å²) in [7, 11) is 0. The zero-order valence-corrected chi connectivity index (χ0v) is 19.5. The van der Waals surface area contributed by atoms with E-state index in [9.17, 15) is 19.1 Å². The van der Waals surface area contributed by atoms with Crippen LogP contribution in [0.2, 0.25) is 5.02 Å². The van der Waals surface area contributed by atoms with Crippen molar-refractivity contribution in [3.8, 4) is 0 Å². The highest BCUT2D eigenvalue weighted by Crippen LogP contribution is 2.32. The zero-order valence-electron chi connectivity index (χ0n) is 18.8. The number of halogens is 2. The lowest BCUT2D eigenvalue weighted by Crippen LogP contribution is -2.36. The monoisotopic (exact) mass is 471 g/mol. The molecular weight excluding hydrogens is 445 g/mol. The summed E-state index contributed by atoms with van der Waals surface area (Å²) >= 11 is 6.10. The molecule has 0 spiro atoms. The van der Waals surface area contributed by atoms with Crippen LogP contribution in [0.5, 0.6) is 0 Å². The number of carbonyl (C=O) groups excluding carboxylic acids is 1. The number of pyridine rings is 1. The van der Waals surface area contributed by atoms with E-state index in [0.29, 0.717) is 49.4 Å². The summed E-state index contributed by atoms with van der Waals surface area (Å²) in [4.78, 5) is 30.6. The van der Waals surface area contributed by atoms with Crippen LogP contribution in [0, 0.1) is 11.2 Å². The smallest absolute Gasteiger partial charge is 0.309 e. The second kappa shape index (κ2) is 9.14. The maximum atomic E-state index is 14.5. The quantitative estimate of drug-likeness (QED) is 0.523. The first-order valence-corrected chi connectivity index (χ1v) is 11.5. The molecule has 0 fully saturated rings. The van der Waals surface area contributed by atoms with Gasteiger partial charge in [-0.25, -0.2) is 9.37 Å². The molecule has 1 aromatic carbocycles. The predicted molar refractivity (Wildman–Crippen MR) is 125 cm³/mol. The minimum Gasteiger partial charge on any atom is -0.481 e. The lowest BCUT2D eigenvalue weighted by atomic mass is 9.87. The fourth-order valence-electron chi connectivity index (χ4n) is 4.42. The number of carboxylic acid groups (broad SMARTS) is 1. The number of aromatic nitrogens is 2. The number of fused-ring (bicyclic) bond motifs is 3. The van der Waals surface area contributed by atoms with Gasteiger partial charge < -0.3 is 14.6 Å². The van der Waals surface area contributed by atoms with Gasteiger partial charge >= 0.3 is 5.97 Å². The van der Waals surface area contributed by atoms with Gasteiger partial charge in [0.25, 0.3) is 0 Å². The molecule has 1 aliphatic rings. The Bertz CT molecular complexity index is 1220. The number of carbonyl (C=O) groups is 2. The Morgan fingerprint density at radius 1 is 1.27 bits per heavy atom. The van der Waals surface area contributed by atoms with Crippen molar-refractivity contribution in [2.75, 3.05) is 6.54 Å². The van der Waals surface area contributed by atoms with Gasteiger partial charge in [0.1, 0.15) is 11.5 Å².